The minimum atomic E-state index is -3.77. The second kappa shape index (κ2) is 10.7. The van der Waals surface area contributed by atoms with Gasteiger partial charge in [-0.05, 0) is 60.2 Å². The van der Waals surface area contributed by atoms with Crippen LogP contribution in [0.2, 0.25) is 0 Å². The summed E-state index contributed by atoms with van der Waals surface area (Å²) >= 11 is 2.61. The number of carbonyl (C=O) groups excluding carboxylic acids is 2. The van der Waals surface area contributed by atoms with Crippen LogP contribution in [-0.2, 0) is 20.6 Å². The number of aldehydes is 1. The van der Waals surface area contributed by atoms with Crippen molar-refractivity contribution in [3.8, 4) is 0 Å². The van der Waals surface area contributed by atoms with E-state index in [1.807, 2.05) is 43.3 Å². The number of H-pyrrole nitrogens is 1. The molecular weight excluding hydrogens is 502 g/mol. The van der Waals surface area contributed by atoms with E-state index in [1.54, 1.807) is 30.5 Å². The van der Waals surface area contributed by atoms with E-state index in [2.05, 4.69) is 15.0 Å². The molecule has 4 rings (SSSR count). The van der Waals surface area contributed by atoms with Gasteiger partial charge < -0.3 is 15.1 Å². The van der Waals surface area contributed by atoms with Crippen molar-refractivity contribution in [2.75, 3.05) is 11.3 Å². The maximum Gasteiger partial charge on any atom is 0.271 e. The molecule has 4 aromatic rings. The number of aromatic amines is 1. The Morgan fingerprint density at radius 1 is 1.14 bits per heavy atom. The first kappa shape index (κ1) is 25.0. The van der Waals surface area contributed by atoms with Crippen molar-refractivity contribution in [1.82, 2.24) is 10.3 Å². The fourth-order valence-corrected chi connectivity index (χ4v) is 7.00. The van der Waals surface area contributed by atoms with Crippen LogP contribution >= 0.6 is 23.1 Å². The van der Waals surface area contributed by atoms with E-state index in [0.29, 0.717) is 27.9 Å². The molecule has 2 aromatic heterocycles. The molecule has 1 amide bonds. The lowest BCUT2D eigenvalue weighted by atomic mass is 10.1. The smallest absolute Gasteiger partial charge is 0.271 e. The number of rotatable bonds is 10. The summed E-state index contributed by atoms with van der Waals surface area (Å²) in [7, 11) is -3.77. The van der Waals surface area contributed by atoms with E-state index in [9.17, 15) is 18.0 Å². The highest BCUT2D eigenvalue weighted by Crippen LogP contribution is 2.30. The summed E-state index contributed by atoms with van der Waals surface area (Å²) in [5.74, 6) is 0.299. The van der Waals surface area contributed by atoms with Crippen molar-refractivity contribution >= 4 is 61.9 Å². The Hall–Kier alpha value is -3.08. The molecule has 0 aliphatic carbocycles. The van der Waals surface area contributed by atoms with Crippen molar-refractivity contribution in [2.24, 2.45) is 0 Å². The van der Waals surface area contributed by atoms with Crippen LogP contribution in [0, 0.1) is 13.8 Å². The average Bonchev–Trinajstić information content (AvgIpc) is 3.46. The number of aryl methyl sites for hydroxylation is 2. The van der Waals surface area contributed by atoms with Crippen LogP contribution < -0.4 is 10.0 Å². The Labute approximate surface area is 212 Å². The molecule has 0 saturated heterocycles. The molecule has 2 aromatic carbocycles. The summed E-state index contributed by atoms with van der Waals surface area (Å²) in [4.78, 5) is 27.4. The Kier molecular flexibility index (Phi) is 7.63. The number of sulfonamides is 1. The lowest BCUT2D eigenvalue weighted by molar-refractivity contribution is -0.107. The molecule has 1 unspecified atom stereocenters. The molecule has 3 N–H and O–H groups in total. The Morgan fingerprint density at radius 2 is 1.91 bits per heavy atom. The largest absolute Gasteiger partial charge is 0.349 e. The van der Waals surface area contributed by atoms with Crippen LogP contribution in [0.25, 0.3) is 10.9 Å². The summed E-state index contributed by atoms with van der Waals surface area (Å²) in [5.41, 5.74) is 3.81. The number of thiophene rings is 1. The number of anilines is 1. The van der Waals surface area contributed by atoms with E-state index >= 15 is 0 Å². The number of hydrogen-bond acceptors (Lipinski definition) is 6. The van der Waals surface area contributed by atoms with Crippen molar-refractivity contribution in [2.45, 2.75) is 29.1 Å². The third-order valence-electron chi connectivity index (χ3n) is 5.34. The number of carbonyl (C=O) groups is 2. The molecule has 2 heterocycles. The number of hydrogen-bond donors (Lipinski definition) is 3. The van der Waals surface area contributed by atoms with Gasteiger partial charge in [0.1, 0.15) is 16.2 Å². The van der Waals surface area contributed by atoms with E-state index in [-0.39, 0.29) is 27.6 Å². The Morgan fingerprint density at radius 3 is 2.60 bits per heavy atom. The molecule has 10 heteroatoms. The van der Waals surface area contributed by atoms with Gasteiger partial charge in [0.05, 0.1) is 16.5 Å². The predicted molar refractivity (Wildman–Crippen MR) is 143 cm³/mol. The second-order valence-corrected chi connectivity index (χ2v) is 12.2. The predicted octanol–water partition coefficient (Wildman–Crippen LogP) is 4.88. The molecule has 0 bridgehead atoms. The Bertz CT molecular complexity index is 1460. The SMILES string of the molecule is Cc1cc(NS(=O)(=O)c2sccc2C)c2[nH]c(C(=O)NCC(C=O)SCc3ccccc3)cc2c1. The zero-order chi connectivity index (χ0) is 25.0. The summed E-state index contributed by atoms with van der Waals surface area (Å²) in [6.45, 7) is 3.79. The molecule has 7 nitrogen and oxygen atoms in total. The molecular formula is C25H25N3O4S3. The van der Waals surface area contributed by atoms with Gasteiger partial charge in [0.2, 0.25) is 0 Å². The van der Waals surface area contributed by atoms with Crippen molar-refractivity contribution in [3.05, 3.63) is 82.4 Å². The van der Waals surface area contributed by atoms with Gasteiger partial charge in [-0.25, -0.2) is 8.42 Å². The van der Waals surface area contributed by atoms with E-state index in [1.165, 1.54) is 11.8 Å². The van der Waals surface area contributed by atoms with Gasteiger partial charge in [0.15, 0.2) is 0 Å². The standard InChI is InChI=1S/C25H25N3O4S3/c1-16-10-19-12-22(24(30)26-13-20(14-29)34-15-18-6-4-3-5-7-18)27-23(19)21(11-16)28-35(31,32)25-17(2)8-9-33-25/h3-12,14,20,27-28H,13,15H2,1-2H3,(H,26,30). The molecule has 0 fully saturated rings. The normalized spacial score (nSPS) is 12.4. The monoisotopic (exact) mass is 527 g/mol. The van der Waals surface area contributed by atoms with Gasteiger partial charge in [-0.1, -0.05) is 30.3 Å². The highest BCUT2D eigenvalue weighted by atomic mass is 32.2. The highest BCUT2D eigenvalue weighted by Gasteiger charge is 2.21. The molecule has 0 aliphatic heterocycles. The van der Waals surface area contributed by atoms with Crippen LogP contribution in [0.5, 0.6) is 0 Å². The van der Waals surface area contributed by atoms with Gasteiger partial charge in [-0.2, -0.15) is 0 Å². The minimum Gasteiger partial charge on any atom is -0.349 e. The van der Waals surface area contributed by atoms with Gasteiger partial charge in [-0.15, -0.1) is 23.1 Å². The van der Waals surface area contributed by atoms with E-state index < -0.39 is 10.0 Å². The van der Waals surface area contributed by atoms with Gasteiger partial charge in [0.25, 0.3) is 15.9 Å². The number of amides is 1. The maximum atomic E-state index is 12.9. The molecule has 1 atom stereocenters. The maximum absolute atomic E-state index is 12.9. The van der Waals surface area contributed by atoms with E-state index in [4.69, 9.17) is 0 Å². The number of benzene rings is 2. The van der Waals surface area contributed by atoms with Crippen molar-refractivity contribution < 1.29 is 18.0 Å². The number of nitrogens with one attached hydrogen (secondary N) is 3. The van der Waals surface area contributed by atoms with Crippen LogP contribution in [-0.4, -0.2) is 37.4 Å². The number of aromatic nitrogens is 1. The van der Waals surface area contributed by atoms with Crippen LogP contribution in [0.15, 0.2) is 64.2 Å². The summed E-state index contributed by atoms with van der Waals surface area (Å²) < 4.78 is 28.8. The molecule has 35 heavy (non-hydrogen) atoms. The summed E-state index contributed by atoms with van der Waals surface area (Å²) in [6.07, 6.45) is 0.835. The third kappa shape index (κ3) is 5.95. The first-order valence-electron chi connectivity index (χ1n) is 10.9. The molecule has 182 valence electrons. The van der Waals surface area contributed by atoms with Gasteiger partial charge >= 0.3 is 0 Å². The van der Waals surface area contributed by atoms with Gasteiger partial charge in [0, 0.05) is 17.7 Å². The first-order chi connectivity index (χ1) is 16.8. The molecule has 0 spiro atoms. The lowest BCUT2D eigenvalue weighted by Crippen LogP contribution is -2.31. The first-order valence-corrected chi connectivity index (χ1v) is 14.3. The fourth-order valence-electron chi connectivity index (χ4n) is 3.63. The minimum absolute atomic E-state index is 0.186. The third-order valence-corrected chi connectivity index (χ3v) is 9.60. The quantitative estimate of drug-likeness (QED) is 0.255. The van der Waals surface area contributed by atoms with Crippen molar-refractivity contribution in [3.63, 3.8) is 0 Å². The highest BCUT2D eigenvalue weighted by molar-refractivity contribution is 7.99. The number of thioether (sulfide) groups is 1. The number of fused-ring (bicyclic) bond motifs is 1. The van der Waals surface area contributed by atoms with Crippen molar-refractivity contribution in [1.29, 1.82) is 0 Å². The van der Waals surface area contributed by atoms with Crippen LogP contribution in [0.3, 0.4) is 0 Å². The molecule has 0 radical (unpaired) electrons. The molecule has 0 aliphatic rings. The lowest BCUT2D eigenvalue weighted by Gasteiger charge is -2.11. The second-order valence-electron chi connectivity index (χ2n) is 8.14. The summed E-state index contributed by atoms with van der Waals surface area (Å²) in [5, 5.41) is 4.86. The summed E-state index contributed by atoms with van der Waals surface area (Å²) in [6, 6.07) is 16.8. The molecule has 0 saturated carbocycles. The zero-order valence-corrected chi connectivity index (χ0v) is 21.6. The van der Waals surface area contributed by atoms with E-state index in [0.717, 1.165) is 28.7 Å². The fraction of sp³-hybridized carbons (Fsp3) is 0.200. The average molecular weight is 528 g/mol. The van der Waals surface area contributed by atoms with Crippen LogP contribution in [0.1, 0.15) is 27.2 Å². The van der Waals surface area contributed by atoms with Crippen LogP contribution in [0.4, 0.5) is 5.69 Å². The topological polar surface area (TPSA) is 108 Å². The zero-order valence-electron chi connectivity index (χ0n) is 19.2. The van der Waals surface area contributed by atoms with Gasteiger partial charge in [-0.3, -0.25) is 9.52 Å². The Balaban J connectivity index is 1.48.